The van der Waals surface area contributed by atoms with Crippen molar-refractivity contribution in [2.24, 2.45) is 5.41 Å². The highest BCUT2D eigenvalue weighted by Gasteiger charge is 2.35. The lowest BCUT2D eigenvalue weighted by molar-refractivity contribution is 0.0240. The molecule has 7 heteroatoms. The first-order valence-electron chi connectivity index (χ1n) is 14.5. The van der Waals surface area contributed by atoms with Gasteiger partial charge in [0, 0.05) is 51.0 Å². The van der Waals surface area contributed by atoms with E-state index in [4.69, 9.17) is 14.2 Å². The Morgan fingerprint density at radius 1 is 0.946 bits per heavy atom. The molecule has 1 aromatic carbocycles. The van der Waals surface area contributed by atoms with Crippen LogP contribution in [0.5, 0.6) is 5.75 Å². The van der Waals surface area contributed by atoms with Crippen molar-refractivity contribution in [2.45, 2.75) is 84.7 Å². The Morgan fingerprint density at radius 3 is 2.08 bits per heavy atom. The fourth-order valence-corrected chi connectivity index (χ4v) is 6.34. The number of ether oxygens (including phenoxy) is 3. The maximum Gasteiger partial charge on any atom is 0.410 e. The van der Waals surface area contributed by atoms with Crippen LogP contribution in [0.25, 0.3) is 0 Å². The molecule has 208 valence electrons. The Kier molecular flexibility index (Phi) is 8.82. The molecule has 2 saturated heterocycles. The Hall–Kier alpha value is -2.15. The number of rotatable bonds is 6. The zero-order valence-electron chi connectivity index (χ0n) is 24.1. The van der Waals surface area contributed by atoms with E-state index in [2.05, 4.69) is 35.8 Å². The Balaban J connectivity index is 1.60. The lowest BCUT2D eigenvalue weighted by Crippen LogP contribution is -2.50. The average Bonchev–Trinajstić information content (AvgIpc) is 2.92. The lowest BCUT2D eigenvalue weighted by Gasteiger charge is -2.42. The maximum absolute atomic E-state index is 12.7. The van der Waals surface area contributed by atoms with Gasteiger partial charge in [0.05, 0.1) is 26.0 Å². The number of hydrogen-bond donors (Lipinski definition) is 0. The number of methoxy groups -OCH3 is 1. The van der Waals surface area contributed by atoms with Crippen LogP contribution >= 0.6 is 0 Å². The first-order chi connectivity index (χ1) is 17.7. The van der Waals surface area contributed by atoms with E-state index in [1.807, 2.05) is 25.7 Å². The van der Waals surface area contributed by atoms with Crippen LogP contribution < -0.4 is 14.5 Å². The minimum absolute atomic E-state index is 0.213. The van der Waals surface area contributed by atoms with Crippen LogP contribution in [-0.2, 0) is 9.47 Å². The van der Waals surface area contributed by atoms with E-state index in [1.54, 1.807) is 7.11 Å². The van der Waals surface area contributed by atoms with E-state index in [9.17, 15) is 4.79 Å². The molecule has 0 radical (unpaired) electrons. The summed E-state index contributed by atoms with van der Waals surface area (Å²) in [6, 6.07) is 4.69. The molecule has 2 aliphatic heterocycles. The van der Waals surface area contributed by atoms with E-state index in [0.717, 1.165) is 45.1 Å². The van der Waals surface area contributed by atoms with Gasteiger partial charge in [-0.1, -0.05) is 26.7 Å². The molecular weight excluding hydrogens is 466 g/mol. The van der Waals surface area contributed by atoms with Crippen molar-refractivity contribution in [3.63, 3.8) is 0 Å². The van der Waals surface area contributed by atoms with Crippen LogP contribution in [0.1, 0.15) is 84.6 Å². The molecule has 2 heterocycles. The van der Waals surface area contributed by atoms with Gasteiger partial charge in [-0.15, -0.1) is 0 Å². The predicted molar refractivity (Wildman–Crippen MR) is 150 cm³/mol. The molecule has 37 heavy (non-hydrogen) atoms. The molecule has 1 aliphatic carbocycles. The fraction of sp³-hybridized carbons (Fsp3) is 0.767. The first kappa shape index (κ1) is 27.9. The number of nitrogens with zero attached hydrogens (tertiary/aromatic N) is 3. The van der Waals surface area contributed by atoms with Crippen molar-refractivity contribution in [3.05, 3.63) is 17.7 Å². The van der Waals surface area contributed by atoms with Gasteiger partial charge in [-0.25, -0.2) is 4.79 Å². The van der Waals surface area contributed by atoms with Crippen molar-refractivity contribution in [1.82, 2.24) is 4.90 Å². The van der Waals surface area contributed by atoms with Crippen LogP contribution in [0.4, 0.5) is 16.2 Å². The zero-order chi connectivity index (χ0) is 26.6. The standard InChI is InChI=1S/C30H49N3O4/c1-7-30(8-2)11-9-23(10-12-30)24-21-26(32-17-19-36-20-18-32)27(35-6)22-25(24)31-13-15-33(16-14-31)28(34)37-29(3,4)5/h21-23H,7-20H2,1-6H3. The molecule has 1 saturated carbocycles. The summed E-state index contributed by atoms with van der Waals surface area (Å²) >= 11 is 0. The fourth-order valence-electron chi connectivity index (χ4n) is 6.34. The molecular formula is C30H49N3O4. The van der Waals surface area contributed by atoms with Crippen LogP contribution in [-0.4, -0.2) is 76.2 Å². The maximum atomic E-state index is 12.7. The minimum Gasteiger partial charge on any atom is -0.495 e. The van der Waals surface area contributed by atoms with Gasteiger partial charge in [-0.05, 0) is 69.4 Å². The molecule has 0 atom stereocenters. The molecule has 7 nitrogen and oxygen atoms in total. The Morgan fingerprint density at radius 2 is 1.54 bits per heavy atom. The summed E-state index contributed by atoms with van der Waals surface area (Å²) in [5, 5.41) is 0. The summed E-state index contributed by atoms with van der Waals surface area (Å²) in [7, 11) is 1.78. The highest BCUT2D eigenvalue weighted by molar-refractivity contribution is 5.72. The molecule has 0 spiro atoms. The van der Waals surface area contributed by atoms with Gasteiger partial charge in [0.1, 0.15) is 11.4 Å². The van der Waals surface area contributed by atoms with Crippen LogP contribution in [0.2, 0.25) is 0 Å². The number of hydrogen-bond acceptors (Lipinski definition) is 6. The van der Waals surface area contributed by atoms with Crippen molar-refractivity contribution >= 4 is 17.5 Å². The summed E-state index contributed by atoms with van der Waals surface area (Å²) in [6.45, 7) is 16.7. The highest BCUT2D eigenvalue weighted by atomic mass is 16.6. The summed E-state index contributed by atoms with van der Waals surface area (Å²) in [4.78, 5) is 19.4. The number of benzene rings is 1. The summed E-state index contributed by atoms with van der Waals surface area (Å²) in [5.74, 6) is 1.48. The molecule has 4 rings (SSSR count). The third kappa shape index (κ3) is 6.47. The highest BCUT2D eigenvalue weighted by Crippen LogP contribution is 2.50. The van der Waals surface area contributed by atoms with Crippen molar-refractivity contribution in [2.75, 3.05) is 69.4 Å². The monoisotopic (exact) mass is 515 g/mol. The normalized spacial score (nSPS) is 21.2. The topological polar surface area (TPSA) is 54.5 Å². The number of amides is 1. The van der Waals surface area contributed by atoms with Crippen LogP contribution in [0, 0.1) is 5.41 Å². The quantitative estimate of drug-likeness (QED) is 0.460. The number of piperazine rings is 1. The van der Waals surface area contributed by atoms with Gasteiger partial charge in [0.25, 0.3) is 0 Å². The number of carbonyl (C=O) groups excluding carboxylic acids is 1. The van der Waals surface area contributed by atoms with Gasteiger partial charge < -0.3 is 28.9 Å². The third-order valence-corrected chi connectivity index (χ3v) is 8.94. The van der Waals surface area contributed by atoms with Crippen LogP contribution in [0.3, 0.4) is 0 Å². The van der Waals surface area contributed by atoms with E-state index in [0.29, 0.717) is 24.4 Å². The summed E-state index contributed by atoms with van der Waals surface area (Å²) in [6.07, 6.45) is 7.41. The summed E-state index contributed by atoms with van der Waals surface area (Å²) < 4.78 is 17.2. The lowest BCUT2D eigenvalue weighted by atomic mass is 9.66. The SMILES string of the molecule is CCC1(CC)CCC(c2cc(N3CCOCC3)c(OC)cc2N2CCN(C(=O)OC(C)(C)C)CC2)CC1. The molecule has 0 unspecified atom stereocenters. The smallest absolute Gasteiger partial charge is 0.410 e. The second kappa shape index (κ2) is 11.7. The molecule has 1 amide bonds. The Labute approximate surface area is 224 Å². The van der Waals surface area contributed by atoms with E-state index in [1.165, 1.54) is 55.5 Å². The van der Waals surface area contributed by atoms with Gasteiger partial charge in [0.15, 0.2) is 0 Å². The zero-order valence-corrected chi connectivity index (χ0v) is 24.1. The van der Waals surface area contributed by atoms with E-state index in [-0.39, 0.29) is 6.09 Å². The van der Waals surface area contributed by atoms with Crippen molar-refractivity contribution < 1.29 is 19.0 Å². The second-order valence-corrected chi connectivity index (χ2v) is 12.1. The third-order valence-electron chi connectivity index (χ3n) is 8.94. The Bertz CT molecular complexity index is 900. The number of anilines is 2. The van der Waals surface area contributed by atoms with Crippen LogP contribution in [0.15, 0.2) is 12.1 Å². The average molecular weight is 516 g/mol. The molecule has 1 aromatic rings. The van der Waals surface area contributed by atoms with Gasteiger partial charge in [-0.3, -0.25) is 0 Å². The summed E-state index contributed by atoms with van der Waals surface area (Å²) in [5.41, 5.74) is 3.96. The number of morpholine rings is 1. The van der Waals surface area contributed by atoms with Crippen molar-refractivity contribution in [3.8, 4) is 5.75 Å². The van der Waals surface area contributed by atoms with E-state index < -0.39 is 5.60 Å². The first-order valence-corrected chi connectivity index (χ1v) is 14.5. The molecule has 3 fully saturated rings. The minimum atomic E-state index is -0.475. The van der Waals surface area contributed by atoms with Crippen molar-refractivity contribution in [1.29, 1.82) is 0 Å². The van der Waals surface area contributed by atoms with Gasteiger partial charge in [-0.2, -0.15) is 0 Å². The predicted octanol–water partition coefficient (Wildman–Crippen LogP) is 6.05. The molecule has 0 aromatic heterocycles. The molecule has 3 aliphatic rings. The van der Waals surface area contributed by atoms with Gasteiger partial charge >= 0.3 is 6.09 Å². The van der Waals surface area contributed by atoms with Gasteiger partial charge in [0.2, 0.25) is 0 Å². The molecule has 0 bridgehead atoms. The number of carbonyl (C=O) groups is 1. The molecule has 0 N–H and O–H groups in total. The largest absolute Gasteiger partial charge is 0.495 e. The second-order valence-electron chi connectivity index (χ2n) is 12.1. The van der Waals surface area contributed by atoms with E-state index >= 15 is 0 Å².